The minimum atomic E-state index is 1.00. The van der Waals surface area contributed by atoms with Gasteiger partial charge in [-0.25, -0.2) is 0 Å². The van der Waals surface area contributed by atoms with Gasteiger partial charge in [-0.3, -0.25) is 0 Å². The summed E-state index contributed by atoms with van der Waals surface area (Å²) < 4.78 is 0. The van der Waals surface area contributed by atoms with Gasteiger partial charge in [0.05, 0.1) is 0 Å². The summed E-state index contributed by atoms with van der Waals surface area (Å²) in [6.07, 6.45) is 17.4. The Morgan fingerprint density at radius 1 is 0.389 bits per heavy atom. The first kappa shape index (κ1) is 23.0. The van der Waals surface area contributed by atoms with Gasteiger partial charge in [-0.1, -0.05) is 90.9 Å². The molecule has 0 aromatic heterocycles. The number of rotatable bonds is 11. The highest BCUT2D eigenvalue weighted by atomic mass is 16.2. The van der Waals surface area contributed by atoms with Gasteiger partial charge >= 0.3 is 0 Å². The lowest BCUT2D eigenvalue weighted by Crippen LogP contribution is -1.81. The molecule has 0 saturated heterocycles. The van der Waals surface area contributed by atoms with Gasteiger partial charge in [-0.15, -0.1) is 0 Å². The fraction of sp³-hybridized carbons (Fsp3) is 1.00. The van der Waals surface area contributed by atoms with Gasteiger partial charge in [0.1, 0.15) is 0 Å². The number of hydrogen-bond donors (Lipinski definition) is 2. The minimum Gasteiger partial charge on any atom is -0.400 e. The Morgan fingerprint density at radius 2 is 0.556 bits per heavy atom. The van der Waals surface area contributed by atoms with Gasteiger partial charge in [0.15, 0.2) is 0 Å². The van der Waals surface area contributed by atoms with Crippen LogP contribution in [0.25, 0.3) is 0 Å². The molecule has 0 unspecified atom stereocenters. The molecule has 0 radical (unpaired) electrons. The first-order valence-corrected chi connectivity index (χ1v) is 7.81. The molecule has 0 aliphatic heterocycles. The number of aliphatic hydroxyl groups is 2. The van der Waals surface area contributed by atoms with Crippen molar-refractivity contribution in [3.8, 4) is 0 Å². The molecule has 0 saturated carbocycles. The summed E-state index contributed by atoms with van der Waals surface area (Å²) in [7, 11) is 2.00. The topological polar surface area (TPSA) is 40.5 Å². The largest absolute Gasteiger partial charge is 0.400 e. The maximum atomic E-state index is 7.00. The average Bonchev–Trinajstić information content (AvgIpc) is 2.45. The van der Waals surface area contributed by atoms with Gasteiger partial charge in [0.2, 0.25) is 0 Å². The summed E-state index contributed by atoms with van der Waals surface area (Å²) in [4.78, 5) is 0. The van der Waals surface area contributed by atoms with E-state index in [0.29, 0.717) is 0 Å². The first-order valence-electron chi connectivity index (χ1n) is 7.81. The highest BCUT2D eigenvalue weighted by molar-refractivity contribution is 4.47. The fourth-order valence-electron chi connectivity index (χ4n) is 1.91. The van der Waals surface area contributed by atoms with Gasteiger partial charge < -0.3 is 10.2 Å². The van der Waals surface area contributed by atoms with Crippen molar-refractivity contribution in [1.82, 2.24) is 0 Å². The van der Waals surface area contributed by atoms with Crippen LogP contribution in [0.2, 0.25) is 0 Å². The smallest absolute Gasteiger partial charge is 0.0319 e. The van der Waals surface area contributed by atoms with Crippen LogP contribution < -0.4 is 0 Å². The van der Waals surface area contributed by atoms with E-state index in [1.165, 1.54) is 77.0 Å². The molecule has 0 spiro atoms. The summed E-state index contributed by atoms with van der Waals surface area (Å²) in [6, 6.07) is 0. The van der Waals surface area contributed by atoms with Crippen LogP contribution >= 0.6 is 0 Å². The highest BCUT2D eigenvalue weighted by Gasteiger charge is 1.91. The number of aliphatic hydroxyl groups excluding tert-OH is 2. The maximum Gasteiger partial charge on any atom is 0.0319 e. The van der Waals surface area contributed by atoms with E-state index >= 15 is 0 Å². The van der Waals surface area contributed by atoms with Crippen LogP contribution in [-0.2, 0) is 0 Å². The summed E-state index contributed by atoms with van der Waals surface area (Å²) in [5.41, 5.74) is 0. The van der Waals surface area contributed by atoms with Crippen molar-refractivity contribution in [3.63, 3.8) is 0 Å². The number of hydrogen-bond acceptors (Lipinski definition) is 2. The standard InChI is InChI=1S/C14H30.2CH4O/c1-3-5-7-9-11-13-14-12-10-8-6-4-2;2*1-2/h3-14H2,1-2H3;2*2H,1H3. The van der Waals surface area contributed by atoms with Crippen LogP contribution in [0.3, 0.4) is 0 Å². The summed E-state index contributed by atoms with van der Waals surface area (Å²) >= 11 is 0. The zero-order valence-electron chi connectivity index (χ0n) is 13.4. The van der Waals surface area contributed by atoms with E-state index in [9.17, 15) is 0 Å². The molecule has 0 rings (SSSR count). The normalized spacial score (nSPS) is 9.00. The molecule has 0 bridgehead atoms. The van der Waals surface area contributed by atoms with E-state index in [4.69, 9.17) is 10.2 Å². The molecule has 2 heteroatoms. The zero-order valence-corrected chi connectivity index (χ0v) is 13.4. The molecule has 0 aromatic carbocycles. The Bertz CT molecular complexity index is 83.1. The van der Waals surface area contributed by atoms with Crippen molar-refractivity contribution in [1.29, 1.82) is 0 Å². The van der Waals surface area contributed by atoms with E-state index in [0.717, 1.165) is 14.2 Å². The molecule has 2 nitrogen and oxygen atoms in total. The van der Waals surface area contributed by atoms with E-state index in [-0.39, 0.29) is 0 Å². The molecule has 2 N–H and O–H groups in total. The Labute approximate surface area is 116 Å². The highest BCUT2D eigenvalue weighted by Crippen LogP contribution is 2.11. The van der Waals surface area contributed by atoms with Crippen molar-refractivity contribution in [3.05, 3.63) is 0 Å². The predicted octanol–water partition coefficient (Wildman–Crippen LogP) is 4.92. The second-order valence-corrected chi connectivity index (χ2v) is 4.54. The lowest BCUT2D eigenvalue weighted by molar-refractivity contribution is 0.399. The van der Waals surface area contributed by atoms with Crippen LogP contribution in [0.5, 0.6) is 0 Å². The van der Waals surface area contributed by atoms with Crippen molar-refractivity contribution < 1.29 is 10.2 Å². The summed E-state index contributed by atoms with van der Waals surface area (Å²) in [5.74, 6) is 0. The molecule has 0 aliphatic rings. The van der Waals surface area contributed by atoms with Crippen molar-refractivity contribution >= 4 is 0 Å². The Balaban J connectivity index is -0.000000506. The summed E-state index contributed by atoms with van der Waals surface area (Å²) in [6.45, 7) is 4.57. The Kier molecular flexibility index (Phi) is 38.6. The third-order valence-electron chi connectivity index (χ3n) is 2.96. The molecular formula is C16H38O2. The van der Waals surface area contributed by atoms with Crippen molar-refractivity contribution in [2.24, 2.45) is 0 Å². The molecular weight excluding hydrogens is 224 g/mol. The Morgan fingerprint density at radius 3 is 0.722 bits per heavy atom. The van der Waals surface area contributed by atoms with Crippen LogP contribution in [0.1, 0.15) is 90.9 Å². The second-order valence-electron chi connectivity index (χ2n) is 4.54. The lowest BCUT2D eigenvalue weighted by Gasteiger charge is -2.01. The second kappa shape index (κ2) is 30.2. The van der Waals surface area contributed by atoms with Crippen molar-refractivity contribution in [2.45, 2.75) is 90.9 Å². The molecule has 0 amide bonds. The van der Waals surface area contributed by atoms with Crippen molar-refractivity contribution in [2.75, 3.05) is 14.2 Å². The van der Waals surface area contributed by atoms with Crippen LogP contribution in [0, 0.1) is 0 Å². The predicted molar refractivity (Wildman–Crippen MR) is 83.0 cm³/mol. The molecule has 18 heavy (non-hydrogen) atoms. The molecule has 114 valence electrons. The molecule has 0 aliphatic carbocycles. The number of unbranched alkanes of at least 4 members (excludes halogenated alkanes) is 11. The molecule has 0 heterocycles. The van der Waals surface area contributed by atoms with Gasteiger partial charge in [0, 0.05) is 14.2 Å². The molecule has 0 fully saturated rings. The van der Waals surface area contributed by atoms with E-state index in [1.54, 1.807) is 0 Å². The summed E-state index contributed by atoms with van der Waals surface area (Å²) in [5, 5.41) is 14.0. The average molecular weight is 262 g/mol. The van der Waals surface area contributed by atoms with E-state index in [2.05, 4.69) is 13.8 Å². The Hall–Kier alpha value is -0.0800. The SMILES string of the molecule is CCCCCCCCCCCCCC.CO.CO. The van der Waals surface area contributed by atoms with E-state index in [1.807, 2.05) is 0 Å². The van der Waals surface area contributed by atoms with Crippen LogP contribution in [0.4, 0.5) is 0 Å². The first-order chi connectivity index (χ1) is 8.91. The maximum absolute atomic E-state index is 7.00. The fourth-order valence-corrected chi connectivity index (χ4v) is 1.91. The zero-order chi connectivity index (χ0) is 14.5. The third kappa shape index (κ3) is 29.7. The lowest BCUT2D eigenvalue weighted by atomic mass is 10.1. The van der Waals surface area contributed by atoms with Gasteiger partial charge in [0.25, 0.3) is 0 Å². The molecule has 0 aromatic rings. The third-order valence-corrected chi connectivity index (χ3v) is 2.96. The monoisotopic (exact) mass is 262 g/mol. The minimum absolute atomic E-state index is 1.00. The molecule has 0 atom stereocenters. The van der Waals surface area contributed by atoms with Crippen LogP contribution in [-0.4, -0.2) is 24.4 Å². The van der Waals surface area contributed by atoms with E-state index < -0.39 is 0 Å². The van der Waals surface area contributed by atoms with Gasteiger partial charge in [-0.05, 0) is 0 Å². The van der Waals surface area contributed by atoms with Gasteiger partial charge in [-0.2, -0.15) is 0 Å². The van der Waals surface area contributed by atoms with Crippen LogP contribution in [0.15, 0.2) is 0 Å². The quantitative estimate of drug-likeness (QED) is 0.519.